The molecule has 0 saturated heterocycles. The highest BCUT2D eigenvalue weighted by molar-refractivity contribution is 4.93. The van der Waals surface area contributed by atoms with Crippen LogP contribution in [-0.2, 0) is 13.1 Å². The van der Waals surface area contributed by atoms with E-state index >= 15 is 0 Å². The summed E-state index contributed by atoms with van der Waals surface area (Å²) in [6.45, 7) is 10.4. The molecule has 5 nitrogen and oxygen atoms in total. The molecule has 0 bridgehead atoms. The Balaban J connectivity index is 1.70. The first kappa shape index (κ1) is 14.5. The van der Waals surface area contributed by atoms with E-state index in [9.17, 15) is 0 Å². The second kappa shape index (κ2) is 6.01. The summed E-state index contributed by atoms with van der Waals surface area (Å²) in [6.07, 6.45) is 4.87. The summed E-state index contributed by atoms with van der Waals surface area (Å²) in [7, 11) is 2.19. The van der Waals surface area contributed by atoms with E-state index in [4.69, 9.17) is 0 Å². The van der Waals surface area contributed by atoms with Gasteiger partial charge in [-0.05, 0) is 46.6 Å². The van der Waals surface area contributed by atoms with E-state index in [1.54, 1.807) is 0 Å². The molecule has 1 N–H and O–H groups in total. The van der Waals surface area contributed by atoms with E-state index in [0.717, 1.165) is 31.2 Å². The van der Waals surface area contributed by atoms with Gasteiger partial charge >= 0.3 is 0 Å². The molecule has 0 aromatic carbocycles. The van der Waals surface area contributed by atoms with Crippen LogP contribution in [0.1, 0.15) is 39.3 Å². The Kier molecular flexibility index (Phi) is 4.58. The number of hydrogen-bond acceptors (Lipinski definition) is 4. The van der Waals surface area contributed by atoms with Crippen molar-refractivity contribution in [1.82, 2.24) is 25.2 Å². The lowest BCUT2D eigenvalue weighted by Gasteiger charge is -2.19. The minimum absolute atomic E-state index is 0.119. The predicted molar refractivity (Wildman–Crippen MR) is 76.8 cm³/mol. The largest absolute Gasteiger partial charge is 0.306 e. The molecule has 2 rings (SSSR count). The Labute approximate surface area is 116 Å². The summed E-state index contributed by atoms with van der Waals surface area (Å²) in [5.41, 5.74) is 1.13. The molecule has 19 heavy (non-hydrogen) atoms. The highest BCUT2D eigenvalue weighted by Gasteiger charge is 2.22. The van der Waals surface area contributed by atoms with Crippen LogP contribution < -0.4 is 5.32 Å². The van der Waals surface area contributed by atoms with Gasteiger partial charge in [-0.2, -0.15) is 0 Å². The third-order valence-electron chi connectivity index (χ3n) is 3.36. The van der Waals surface area contributed by atoms with E-state index < -0.39 is 0 Å². The molecular formula is C14H27N5. The molecule has 0 amide bonds. The van der Waals surface area contributed by atoms with Gasteiger partial charge in [-0.25, -0.2) is 0 Å². The first-order valence-electron chi connectivity index (χ1n) is 7.25. The Bertz CT molecular complexity index is 389. The molecule has 1 fully saturated rings. The molecule has 1 aromatic heterocycles. The van der Waals surface area contributed by atoms with Gasteiger partial charge in [0.15, 0.2) is 0 Å². The van der Waals surface area contributed by atoms with Gasteiger partial charge in [-0.1, -0.05) is 5.21 Å². The van der Waals surface area contributed by atoms with Crippen molar-refractivity contribution < 1.29 is 0 Å². The van der Waals surface area contributed by atoms with Crippen LogP contribution in [0.15, 0.2) is 6.20 Å². The third kappa shape index (κ3) is 5.70. The van der Waals surface area contributed by atoms with E-state index in [2.05, 4.69) is 48.3 Å². The van der Waals surface area contributed by atoms with Gasteiger partial charge in [0.2, 0.25) is 0 Å². The number of rotatable bonds is 7. The number of likely N-dealkylation sites (N-methyl/N-ethyl adjacent to an activating group) is 1. The van der Waals surface area contributed by atoms with Gasteiger partial charge in [0.1, 0.15) is 0 Å². The average Bonchev–Trinajstić information content (AvgIpc) is 3.00. The average molecular weight is 265 g/mol. The van der Waals surface area contributed by atoms with Crippen molar-refractivity contribution in [1.29, 1.82) is 0 Å². The third-order valence-corrected chi connectivity index (χ3v) is 3.36. The molecule has 0 unspecified atom stereocenters. The highest BCUT2D eigenvalue weighted by atomic mass is 15.4. The highest BCUT2D eigenvalue weighted by Crippen LogP contribution is 2.29. The molecule has 0 aliphatic heterocycles. The van der Waals surface area contributed by atoms with Crippen LogP contribution in [0.2, 0.25) is 0 Å². The first-order valence-corrected chi connectivity index (χ1v) is 7.25. The number of nitrogens with zero attached hydrogens (tertiary/aromatic N) is 4. The molecule has 1 heterocycles. The minimum Gasteiger partial charge on any atom is -0.306 e. The zero-order chi connectivity index (χ0) is 13.9. The second-order valence-corrected chi connectivity index (χ2v) is 6.78. The molecule has 1 aromatic rings. The van der Waals surface area contributed by atoms with Crippen molar-refractivity contribution in [2.75, 3.05) is 20.1 Å². The lowest BCUT2D eigenvalue weighted by atomic mass is 10.1. The quantitative estimate of drug-likeness (QED) is 0.812. The zero-order valence-corrected chi connectivity index (χ0v) is 12.7. The predicted octanol–water partition coefficient (Wildman–Crippen LogP) is 1.51. The van der Waals surface area contributed by atoms with Gasteiger partial charge in [0.25, 0.3) is 0 Å². The van der Waals surface area contributed by atoms with Crippen molar-refractivity contribution >= 4 is 0 Å². The van der Waals surface area contributed by atoms with Crippen LogP contribution in [0.3, 0.4) is 0 Å². The van der Waals surface area contributed by atoms with Crippen LogP contribution in [0.5, 0.6) is 0 Å². The van der Waals surface area contributed by atoms with Gasteiger partial charge in [-0.15, -0.1) is 5.10 Å². The lowest BCUT2D eigenvalue weighted by molar-refractivity contribution is 0.299. The van der Waals surface area contributed by atoms with Crippen molar-refractivity contribution in [2.24, 2.45) is 5.92 Å². The lowest BCUT2D eigenvalue weighted by Crippen LogP contribution is -2.35. The van der Waals surface area contributed by atoms with Crippen LogP contribution in [-0.4, -0.2) is 45.6 Å². The summed E-state index contributed by atoms with van der Waals surface area (Å²) in [6, 6.07) is 0. The fraction of sp³-hybridized carbons (Fsp3) is 0.857. The molecule has 1 aliphatic rings. The minimum atomic E-state index is 0.119. The van der Waals surface area contributed by atoms with Crippen molar-refractivity contribution in [3.05, 3.63) is 11.9 Å². The Morgan fingerprint density at radius 1 is 1.42 bits per heavy atom. The molecule has 0 spiro atoms. The van der Waals surface area contributed by atoms with Gasteiger partial charge in [0, 0.05) is 31.4 Å². The van der Waals surface area contributed by atoms with E-state index in [1.807, 2.05) is 10.9 Å². The normalized spacial score (nSPS) is 16.3. The fourth-order valence-electron chi connectivity index (χ4n) is 1.99. The van der Waals surface area contributed by atoms with Crippen molar-refractivity contribution in [3.8, 4) is 0 Å². The smallest absolute Gasteiger partial charge is 0.0965 e. The molecule has 5 heteroatoms. The van der Waals surface area contributed by atoms with Gasteiger partial charge in [0.05, 0.1) is 12.2 Å². The van der Waals surface area contributed by atoms with E-state index in [-0.39, 0.29) is 5.54 Å². The number of aromatic nitrogens is 3. The maximum atomic E-state index is 4.20. The zero-order valence-electron chi connectivity index (χ0n) is 12.7. The summed E-state index contributed by atoms with van der Waals surface area (Å²) in [4.78, 5) is 2.40. The summed E-state index contributed by atoms with van der Waals surface area (Å²) in [5.74, 6) is 0.951. The SMILES string of the molecule is CN(CCn1cc(CNC(C)(C)C)nn1)CC1CC1. The van der Waals surface area contributed by atoms with Crippen LogP contribution >= 0.6 is 0 Å². The maximum absolute atomic E-state index is 4.20. The van der Waals surface area contributed by atoms with Gasteiger partial charge in [-0.3, -0.25) is 4.68 Å². The Hall–Kier alpha value is -0.940. The molecular weight excluding hydrogens is 238 g/mol. The number of hydrogen-bond donors (Lipinski definition) is 1. The van der Waals surface area contributed by atoms with E-state index in [0.29, 0.717) is 0 Å². The van der Waals surface area contributed by atoms with Crippen LogP contribution in [0.4, 0.5) is 0 Å². The van der Waals surface area contributed by atoms with E-state index in [1.165, 1.54) is 19.4 Å². The summed E-state index contributed by atoms with van der Waals surface area (Å²) in [5, 5.41) is 11.8. The van der Waals surface area contributed by atoms with Crippen LogP contribution in [0, 0.1) is 5.92 Å². The fourth-order valence-corrected chi connectivity index (χ4v) is 1.99. The number of nitrogens with one attached hydrogen (secondary N) is 1. The van der Waals surface area contributed by atoms with Crippen LogP contribution in [0.25, 0.3) is 0 Å². The standard InChI is InChI=1S/C14H27N5/c1-14(2,3)15-9-13-11-19(17-16-13)8-7-18(4)10-12-5-6-12/h11-12,15H,5-10H2,1-4H3. The monoisotopic (exact) mass is 265 g/mol. The van der Waals surface area contributed by atoms with Gasteiger partial charge < -0.3 is 10.2 Å². The first-order chi connectivity index (χ1) is 8.92. The summed E-state index contributed by atoms with van der Waals surface area (Å²) < 4.78 is 1.95. The van der Waals surface area contributed by atoms with Crippen molar-refractivity contribution in [3.63, 3.8) is 0 Å². The second-order valence-electron chi connectivity index (χ2n) is 6.78. The molecule has 108 valence electrons. The summed E-state index contributed by atoms with van der Waals surface area (Å²) >= 11 is 0. The van der Waals surface area contributed by atoms with Crippen molar-refractivity contribution in [2.45, 2.75) is 52.2 Å². The molecule has 0 atom stereocenters. The Morgan fingerprint density at radius 2 is 2.16 bits per heavy atom. The Morgan fingerprint density at radius 3 is 2.79 bits per heavy atom. The maximum Gasteiger partial charge on any atom is 0.0965 e. The molecule has 0 radical (unpaired) electrons. The topological polar surface area (TPSA) is 46.0 Å². The molecule has 1 aliphatic carbocycles. The molecule has 1 saturated carbocycles.